The van der Waals surface area contributed by atoms with Gasteiger partial charge in [0.25, 0.3) is 11.3 Å². The Balaban J connectivity index is 1.80. The third-order valence-corrected chi connectivity index (χ3v) is 4.42. The molecule has 0 spiro atoms. The van der Waals surface area contributed by atoms with E-state index in [-0.39, 0.29) is 11.3 Å². The molecule has 2 aromatic heterocycles. The van der Waals surface area contributed by atoms with Crippen LogP contribution in [0.1, 0.15) is 18.9 Å². The van der Waals surface area contributed by atoms with Crippen molar-refractivity contribution in [3.8, 4) is 5.75 Å². The summed E-state index contributed by atoms with van der Waals surface area (Å²) >= 11 is 3.38. The summed E-state index contributed by atoms with van der Waals surface area (Å²) in [5, 5.41) is 4.81. The summed E-state index contributed by atoms with van der Waals surface area (Å²) in [6.07, 6.45) is -0.463. The minimum absolute atomic E-state index is 0.262. The lowest BCUT2D eigenvalue weighted by Crippen LogP contribution is -2.19. The van der Waals surface area contributed by atoms with E-state index in [1.807, 2.05) is 37.3 Å². The highest BCUT2D eigenvalue weighted by Crippen LogP contribution is 2.22. The largest absolute Gasteiger partial charge is 0.483 e. The Labute approximate surface area is 150 Å². The number of hydrogen-bond donors (Lipinski definition) is 1. The lowest BCUT2D eigenvalue weighted by Gasteiger charge is -2.13. The zero-order valence-corrected chi connectivity index (χ0v) is 14.8. The smallest absolute Gasteiger partial charge is 0.283 e. The number of halogens is 1. The minimum Gasteiger partial charge on any atom is -0.483 e. The zero-order chi connectivity index (χ0) is 17.6. The Hall–Kier alpha value is -2.87. The number of aromatic nitrogens is 4. The molecule has 4 aromatic rings. The van der Waals surface area contributed by atoms with Gasteiger partial charge in [0.05, 0.1) is 10.9 Å². The molecule has 0 aliphatic heterocycles. The summed E-state index contributed by atoms with van der Waals surface area (Å²) in [6, 6.07) is 14.5. The first-order valence-electron chi connectivity index (χ1n) is 7.62. The Bertz CT molecular complexity index is 1130. The molecule has 8 heteroatoms. The van der Waals surface area contributed by atoms with Crippen molar-refractivity contribution in [1.82, 2.24) is 19.3 Å². The third kappa shape index (κ3) is 2.64. The second-order valence-electron chi connectivity index (χ2n) is 5.59. The number of para-hydroxylation sites is 1. The van der Waals surface area contributed by atoms with Gasteiger partial charge in [-0.25, -0.2) is 9.66 Å². The van der Waals surface area contributed by atoms with E-state index in [0.717, 1.165) is 4.47 Å². The molecule has 0 amide bonds. The second kappa shape index (κ2) is 5.89. The van der Waals surface area contributed by atoms with Crippen molar-refractivity contribution in [3.63, 3.8) is 0 Å². The number of ether oxygens (including phenoxy) is 1. The number of nitrogen functional groups attached to an aromatic ring is 1. The van der Waals surface area contributed by atoms with Crippen molar-refractivity contribution in [2.24, 2.45) is 0 Å². The minimum atomic E-state index is -0.463. The Morgan fingerprint density at radius 2 is 1.88 bits per heavy atom. The maximum absolute atomic E-state index is 12.6. The van der Waals surface area contributed by atoms with Crippen LogP contribution in [0.15, 0.2) is 57.8 Å². The number of benzene rings is 2. The lowest BCUT2D eigenvalue weighted by atomic mass is 10.2. The van der Waals surface area contributed by atoms with Crippen molar-refractivity contribution in [2.75, 3.05) is 5.84 Å². The van der Waals surface area contributed by atoms with Crippen molar-refractivity contribution in [2.45, 2.75) is 13.0 Å². The number of rotatable bonds is 3. The predicted octanol–water partition coefficient (Wildman–Crippen LogP) is 2.66. The number of nitrogens with zero attached hydrogens (tertiary/aromatic N) is 4. The van der Waals surface area contributed by atoms with Crippen LogP contribution >= 0.6 is 15.9 Å². The van der Waals surface area contributed by atoms with Gasteiger partial charge in [0.1, 0.15) is 5.75 Å². The average molecular weight is 400 g/mol. The van der Waals surface area contributed by atoms with E-state index in [1.54, 1.807) is 18.2 Å². The van der Waals surface area contributed by atoms with Crippen molar-refractivity contribution < 1.29 is 4.74 Å². The van der Waals surface area contributed by atoms with Crippen LogP contribution in [0.5, 0.6) is 5.75 Å². The highest BCUT2D eigenvalue weighted by Gasteiger charge is 2.20. The van der Waals surface area contributed by atoms with Gasteiger partial charge in [0.15, 0.2) is 11.9 Å². The SMILES string of the molecule is CC(Oc1ccc(Br)cc1)c1nn2c(=O)c3ccccc3nc2n1N. The van der Waals surface area contributed by atoms with Crippen molar-refractivity contribution in [3.05, 3.63) is 69.2 Å². The molecule has 0 aliphatic carbocycles. The van der Waals surface area contributed by atoms with Gasteiger partial charge < -0.3 is 10.6 Å². The second-order valence-corrected chi connectivity index (χ2v) is 6.50. The summed E-state index contributed by atoms with van der Waals surface area (Å²) in [7, 11) is 0. The van der Waals surface area contributed by atoms with Crippen LogP contribution in [-0.2, 0) is 0 Å². The molecule has 126 valence electrons. The molecule has 0 aliphatic rings. The van der Waals surface area contributed by atoms with E-state index in [4.69, 9.17) is 10.6 Å². The van der Waals surface area contributed by atoms with Crippen LogP contribution in [0, 0.1) is 0 Å². The average Bonchev–Trinajstić information content (AvgIpc) is 2.95. The fraction of sp³-hybridized carbons (Fsp3) is 0.118. The van der Waals surface area contributed by atoms with Crippen LogP contribution in [0.4, 0.5) is 0 Å². The van der Waals surface area contributed by atoms with Gasteiger partial charge in [-0.3, -0.25) is 4.79 Å². The molecule has 0 radical (unpaired) electrons. The number of fused-ring (bicyclic) bond motifs is 2. The first kappa shape index (κ1) is 15.6. The summed E-state index contributed by atoms with van der Waals surface area (Å²) in [4.78, 5) is 17.1. The van der Waals surface area contributed by atoms with Gasteiger partial charge in [0, 0.05) is 4.47 Å². The molecular formula is C17H14BrN5O2. The van der Waals surface area contributed by atoms with Crippen molar-refractivity contribution >= 4 is 32.6 Å². The molecule has 0 saturated carbocycles. The number of nitrogens with two attached hydrogens (primary N) is 1. The molecule has 7 nitrogen and oxygen atoms in total. The Kier molecular flexibility index (Phi) is 3.69. The fourth-order valence-electron chi connectivity index (χ4n) is 2.66. The first-order valence-corrected chi connectivity index (χ1v) is 8.41. The monoisotopic (exact) mass is 399 g/mol. The zero-order valence-electron chi connectivity index (χ0n) is 13.3. The van der Waals surface area contributed by atoms with Crippen molar-refractivity contribution in [1.29, 1.82) is 0 Å². The van der Waals surface area contributed by atoms with Crippen LogP contribution in [0.2, 0.25) is 0 Å². The molecule has 1 unspecified atom stereocenters. The summed E-state index contributed by atoms with van der Waals surface area (Å²) in [6.45, 7) is 1.82. The fourth-order valence-corrected chi connectivity index (χ4v) is 2.92. The Morgan fingerprint density at radius 3 is 2.64 bits per heavy atom. The molecule has 0 bridgehead atoms. The maximum atomic E-state index is 12.6. The molecule has 25 heavy (non-hydrogen) atoms. The molecule has 0 fully saturated rings. The van der Waals surface area contributed by atoms with Crippen LogP contribution in [0.25, 0.3) is 16.7 Å². The van der Waals surface area contributed by atoms with Gasteiger partial charge in [0.2, 0.25) is 0 Å². The highest BCUT2D eigenvalue weighted by molar-refractivity contribution is 9.10. The summed E-state index contributed by atoms with van der Waals surface area (Å²) in [5.41, 5.74) is 0.314. The normalized spacial score (nSPS) is 12.6. The number of hydrogen-bond acceptors (Lipinski definition) is 5. The first-order chi connectivity index (χ1) is 12.0. The third-order valence-electron chi connectivity index (χ3n) is 3.89. The maximum Gasteiger partial charge on any atom is 0.283 e. The van der Waals surface area contributed by atoms with E-state index >= 15 is 0 Å². The molecular weight excluding hydrogens is 386 g/mol. The molecule has 4 rings (SSSR count). The predicted molar refractivity (Wildman–Crippen MR) is 98.1 cm³/mol. The summed E-state index contributed by atoms with van der Waals surface area (Å²) in [5.74, 6) is 7.47. The van der Waals surface area contributed by atoms with E-state index in [2.05, 4.69) is 26.0 Å². The van der Waals surface area contributed by atoms with E-state index in [1.165, 1.54) is 9.19 Å². The standard InChI is InChI=1S/C17H14BrN5O2/c1-10(25-12-8-6-11(18)7-9-12)15-21-23-16(24)13-4-2-3-5-14(13)20-17(23)22(15)19/h2-10H,19H2,1H3. The van der Waals surface area contributed by atoms with E-state index in [9.17, 15) is 4.79 Å². The van der Waals surface area contributed by atoms with Gasteiger partial charge in [-0.05, 0) is 43.3 Å². The molecule has 2 N–H and O–H groups in total. The van der Waals surface area contributed by atoms with Gasteiger partial charge >= 0.3 is 0 Å². The highest BCUT2D eigenvalue weighted by atomic mass is 79.9. The van der Waals surface area contributed by atoms with E-state index in [0.29, 0.717) is 22.5 Å². The molecule has 2 aromatic carbocycles. The van der Waals surface area contributed by atoms with E-state index < -0.39 is 6.10 Å². The quantitative estimate of drug-likeness (QED) is 0.535. The molecule has 2 heterocycles. The summed E-state index contributed by atoms with van der Waals surface area (Å²) < 4.78 is 9.33. The van der Waals surface area contributed by atoms with Gasteiger partial charge in [-0.2, -0.15) is 4.52 Å². The lowest BCUT2D eigenvalue weighted by molar-refractivity contribution is 0.213. The van der Waals surface area contributed by atoms with Crippen LogP contribution in [-0.4, -0.2) is 19.3 Å². The van der Waals surface area contributed by atoms with Crippen LogP contribution in [0.3, 0.4) is 0 Å². The Morgan fingerprint density at radius 1 is 1.16 bits per heavy atom. The topological polar surface area (TPSA) is 87.4 Å². The molecule has 0 saturated heterocycles. The van der Waals surface area contributed by atoms with Crippen LogP contribution < -0.4 is 16.1 Å². The van der Waals surface area contributed by atoms with Gasteiger partial charge in [-0.1, -0.05) is 28.1 Å². The van der Waals surface area contributed by atoms with Gasteiger partial charge in [-0.15, -0.1) is 5.10 Å². The molecule has 1 atom stereocenters.